The molecule has 8 nitrogen and oxygen atoms in total. The van der Waals surface area contributed by atoms with Gasteiger partial charge in [0.25, 0.3) is 5.56 Å². The van der Waals surface area contributed by atoms with Crippen LogP contribution < -0.4 is 15.8 Å². The number of rotatable bonds is 5. The van der Waals surface area contributed by atoms with E-state index in [1.54, 1.807) is 6.07 Å². The average molecular weight is 441 g/mol. The number of aryl methyl sites for hydroxylation is 1. The van der Waals surface area contributed by atoms with Gasteiger partial charge in [0.2, 0.25) is 5.91 Å². The summed E-state index contributed by atoms with van der Waals surface area (Å²) in [7, 11) is 0. The van der Waals surface area contributed by atoms with Crippen molar-refractivity contribution in [2.24, 2.45) is 0 Å². The van der Waals surface area contributed by atoms with E-state index in [0.29, 0.717) is 23.5 Å². The molecule has 2 fully saturated rings. The monoisotopic (exact) mass is 440 g/mol. The minimum absolute atomic E-state index is 0.0673. The molecular weight excluding hydrogens is 416 g/mol. The highest BCUT2D eigenvalue weighted by molar-refractivity contribution is 6.01. The summed E-state index contributed by atoms with van der Waals surface area (Å²) in [6.45, 7) is 2.65. The Labute approximate surface area is 190 Å². The van der Waals surface area contributed by atoms with Crippen LogP contribution in [-0.4, -0.2) is 38.9 Å². The van der Waals surface area contributed by atoms with E-state index in [9.17, 15) is 9.59 Å². The molecule has 1 aliphatic carbocycles. The Morgan fingerprint density at radius 3 is 2.45 bits per heavy atom. The zero-order chi connectivity index (χ0) is 22.5. The first kappa shape index (κ1) is 19.7. The first-order valence-electron chi connectivity index (χ1n) is 11.3. The van der Waals surface area contributed by atoms with E-state index >= 15 is 0 Å². The van der Waals surface area contributed by atoms with Crippen molar-refractivity contribution in [1.29, 1.82) is 0 Å². The maximum Gasteiger partial charge on any atom is 0.272 e. The Hall–Kier alpha value is -3.94. The first-order chi connectivity index (χ1) is 16.1. The second-order valence-electron chi connectivity index (χ2n) is 8.85. The number of anilines is 2. The van der Waals surface area contributed by atoms with E-state index in [1.807, 2.05) is 54.3 Å². The number of fused-ring (bicyclic) bond motifs is 1. The predicted molar refractivity (Wildman–Crippen MR) is 127 cm³/mol. The van der Waals surface area contributed by atoms with E-state index < -0.39 is 0 Å². The van der Waals surface area contributed by atoms with Crippen LogP contribution in [0.2, 0.25) is 0 Å². The van der Waals surface area contributed by atoms with Crippen molar-refractivity contribution in [3.8, 4) is 11.3 Å². The zero-order valence-electron chi connectivity index (χ0n) is 18.3. The van der Waals surface area contributed by atoms with Crippen LogP contribution in [0.3, 0.4) is 0 Å². The highest BCUT2D eigenvalue weighted by atomic mass is 16.2. The molecule has 0 spiro atoms. The Bertz CT molecular complexity index is 1420. The smallest absolute Gasteiger partial charge is 0.272 e. The predicted octanol–water partition coefficient (Wildman–Crippen LogP) is 3.72. The topological polar surface area (TPSA) is 107 Å². The minimum Gasteiger partial charge on any atom is -0.371 e. The summed E-state index contributed by atoms with van der Waals surface area (Å²) in [5.41, 5.74) is 5.28. The molecule has 1 saturated carbocycles. The van der Waals surface area contributed by atoms with E-state index in [0.717, 1.165) is 53.0 Å². The SMILES string of the molecule is Cc1[nH]nc(C2CC2)c1NC1CCN(c2ccc(-c3n[nH]c(=O)c4ccccc34)cc2)C1=O. The zero-order valence-corrected chi connectivity index (χ0v) is 18.3. The number of nitrogens with zero attached hydrogens (tertiary/aromatic N) is 3. The van der Waals surface area contributed by atoms with Gasteiger partial charge in [-0.2, -0.15) is 10.2 Å². The number of carbonyl (C=O) groups excluding carboxylic acids is 1. The van der Waals surface area contributed by atoms with Crippen LogP contribution in [0.15, 0.2) is 53.3 Å². The number of benzene rings is 2. The molecule has 3 N–H and O–H groups in total. The second kappa shape index (κ2) is 7.58. The summed E-state index contributed by atoms with van der Waals surface area (Å²) in [6, 6.07) is 14.9. The van der Waals surface area contributed by atoms with Gasteiger partial charge >= 0.3 is 0 Å². The lowest BCUT2D eigenvalue weighted by molar-refractivity contribution is -0.117. The summed E-state index contributed by atoms with van der Waals surface area (Å²) in [5.74, 6) is 0.577. The van der Waals surface area contributed by atoms with Crippen molar-refractivity contribution < 1.29 is 4.79 Å². The van der Waals surface area contributed by atoms with Gasteiger partial charge < -0.3 is 10.2 Å². The minimum atomic E-state index is -0.261. The molecule has 4 aromatic rings. The number of H-pyrrole nitrogens is 2. The number of aromatic amines is 2. The molecule has 3 heterocycles. The third kappa shape index (κ3) is 3.38. The van der Waals surface area contributed by atoms with E-state index in [-0.39, 0.29) is 17.5 Å². The maximum absolute atomic E-state index is 13.2. The van der Waals surface area contributed by atoms with Crippen molar-refractivity contribution in [3.63, 3.8) is 0 Å². The second-order valence-corrected chi connectivity index (χ2v) is 8.85. The number of nitrogens with one attached hydrogen (secondary N) is 3. The van der Waals surface area contributed by atoms with Gasteiger partial charge in [0.05, 0.1) is 28.2 Å². The van der Waals surface area contributed by atoms with Crippen LogP contribution in [0, 0.1) is 6.92 Å². The molecule has 1 atom stereocenters. The Morgan fingerprint density at radius 1 is 0.939 bits per heavy atom. The Kier molecular flexibility index (Phi) is 4.53. The number of carbonyl (C=O) groups is 1. The largest absolute Gasteiger partial charge is 0.371 e. The third-order valence-electron chi connectivity index (χ3n) is 6.61. The summed E-state index contributed by atoms with van der Waals surface area (Å²) in [4.78, 5) is 27.1. The Morgan fingerprint density at radius 2 is 1.70 bits per heavy atom. The van der Waals surface area contributed by atoms with Crippen molar-refractivity contribution in [2.45, 2.75) is 38.1 Å². The lowest BCUT2D eigenvalue weighted by Gasteiger charge is -2.18. The molecule has 8 heteroatoms. The number of hydrogen-bond acceptors (Lipinski definition) is 5. The number of aromatic nitrogens is 4. The van der Waals surface area contributed by atoms with E-state index in [1.165, 1.54) is 0 Å². The summed E-state index contributed by atoms with van der Waals surface area (Å²) in [5, 5.41) is 19.2. The molecule has 33 heavy (non-hydrogen) atoms. The summed E-state index contributed by atoms with van der Waals surface area (Å²) < 4.78 is 0. The van der Waals surface area contributed by atoms with Gasteiger partial charge in [-0.25, -0.2) is 5.10 Å². The molecular formula is C25H24N6O2. The van der Waals surface area contributed by atoms with Crippen LogP contribution in [-0.2, 0) is 4.79 Å². The number of hydrogen-bond donors (Lipinski definition) is 3. The van der Waals surface area contributed by atoms with E-state index in [4.69, 9.17) is 0 Å². The van der Waals surface area contributed by atoms with Crippen LogP contribution in [0.25, 0.3) is 22.0 Å². The van der Waals surface area contributed by atoms with Gasteiger partial charge in [0.15, 0.2) is 0 Å². The van der Waals surface area contributed by atoms with Gasteiger partial charge in [-0.05, 0) is 44.4 Å². The van der Waals surface area contributed by atoms with Crippen LogP contribution in [0.1, 0.15) is 36.6 Å². The molecule has 1 saturated heterocycles. The average Bonchev–Trinajstić information content (AvgIpc) is 3.53. The Balaban J connectivity index is 1.24. The maximum atomic E-state index is 13.2. The summed E-state index contributed by atoms with van der Waals surface area (Å²) in [6.07, 6.45) is 3.06. The molecule has 1 aliphatic heterocycles. The molecule has 6 rings (SSSR count). The fourth-order valence-corrected chi connectivity index (χ4v) is 4.66. The lowest BCUT2D eigenvalue weighted by atomic mass is 10.0. The van der Waals surface area contributed by atoms with Crippen LogP contribution in [0.4, 0.5) is 11.4 Å². The molecule has 166 valence electrons. The lowest BCUT2D eigenvalue weighted by Crippen LogP contribution is -2.33. The molecule has 2 aromatic carbocycles. The molecule has 0 radical (unpaired) electrons. The standard InChI is InChI=1S/C25H24N6O2/c1-14-21(23(29-27-14)16-6-7-16)26-20-12-13-31(25(20)33)17-10-8-15(9-11-17)22-18-4-2-3-5-19(18)24(32)30-28-22/h2-5,8-11,16,20,26H,6-7,12-13H2,1H3,(H,27,29)(H,30,32). The van der Waals surface area contributed by atoms with Crippen molar-refractivity contribution in [2.75, 3.05) is 16.8 Å². The molecule has 1 amide bonds. The quantitative estimate of drug-likeness (QED) is 0.439. The van der Waals surface area contributed by atoms with Gasteiger partial charge in [-0.15, -0.1) is 0 Å². The summed E-state index contributed by atoms with van der Waals surface area (Å²) >= 11 is 0. The third-order valence-corrected chi connectivity index (χ3v) is 6.61. The van der Waals surface area contributed by atoms with Gasteiger partial charge in [-0.3, -0.25) is 14.7 Å². The van der Waals surface area contributed by atoms with Gasteiger partial charge in [0.1, 0.15) is 6.04 Å². The van der Waals surface area contributed by atoms with E-state index in [2.05, 4.69) is 25.7 Å². The fourth-order valence-electron chi connectivity index (χ4n) is 4.66. The van der Waals surface area contributed by atoms with Crippen molar-refractivity contribution >= 4 is 28.1 Å². The van der Waals surface area contributed by atoms with Crippen LogP contribution in [0.5, 0.6) is 0 Å². The molecule has 2 aliphatic rings. The number of amides is 1. The van der Waals surface area contributed by atoms with Crippen LogP contribution >= 0.6 is 0 Å². The molecule has 2 aromatic heterocycles. The fraction of sp³-hybridized carbons (Fsp3) is 0.280. The highest BCUT2D eigenvalue weighted by Gasteiger charge is 2.36. The van der Waals surface area contributed by atoms with Gasteiger partial charge in [-0.1, -0.05) is 30.3 Å². The molecule has 1 unspecified atom stereocenters. The molecule has 0 bridgehead atoms. The van der Waals surface area contributed by atoms with Gasteiger partial charge in [0, 0.05) is 29.1 Å². The first-order valence-corrected chi connectivity index (χ1v) is 11.3. The normalized spacial score (nSPS) is 18.3. The highest BCUT2D eigenvalue weighted by Crippen LogP contribution is 2.43. The van der Waals surface area contributed by atoms with Crippen molar-refractivity contribution in [1.82, 2.24) is 20.4 Å². The van der Waals surface area contributed by atoms with Crippen molar-refractivity contribution in [3.05, 3.63) is 70.3 Å².